The summed E-state index contributed by atoms with van der Waals surface area (Å²) in [6, 6.07) is 21.9. The largest absolute Gasteiger partial charge is 0.457 e. The van der Waals surface area contributed by atoms with Crippen LogP contribution in [0.2, 0.25) is 0 Å². The summed E-state index contributed by atoms with van der Waals surface area (Å²) in [5, 5.41) is 8.19. The van der Waals surface area contributed by atoms with E-state index < -0.39 is 41.5 Å². The summed E-state index contributed by atoms with van der Waals surface area (Å²) in [5.74, 6) is -2.15. The Labute approximate surface area is 342 Å². The van der Waals surface area contributed by atoms with Crippen molar-refractivity contribution in [1.82, 2.24) is 25.1 Å². The molecule has 3 aromatic carbocycles. The normalized spacial score (nSPS) is 14.9. The molecule has 17 nitrogen and oxygen atoms in total. The van der Waals surface area contributed by atoms with E-state index in [2.05, 4.69) is 20.9 Å². The summed E-state index contributed by atoms with van der Waals surface area (Å²) in [4.78, 5) is 92.8. The number of fused-ring (bicyclic) bond motifs is 2. The van der Waals surface area contributed by atoms with Crippen molar-refractivity contribution in [1.29, 1.82) is 0 Å². The van der Waals surface area contributed by atoms with Gasteiger partial charge in [0.15, 0.2) is 0 Å². The average Bonchev–Trinajstić information content (AvgIpc) is 3.80. The van der Waals surface area contributed by atoms with E-state index in [9.17, 15) is 33.6 Å². The maximum atomic E-state index is 13.2. The molecular formula is C43H42N6O11. The summed E-state index contributed by atoms with van der Waals surface area (Å²) in [5.41, 5.74) is 1.92. The number of amides is 6. The Morgan fingerprint density at radius 3 is 2.25 bits per heavy atom. The van der Waals surface area contributed by atoms with Crippen molar-refractivity contribution in [3.8, 4) is 22.6 Å². The molecule has 0 saturated carbocycles. The molecule has 5 aromatic rings. The standard InChI is InChI=1S/C43H42N6O11/c1-48-25-30(27-10-5-6-13-34(27)60-26-8-3-2-4-9-26)29-24-32(46-38(29)43(48)56)39(52)44-17-19-58-21-23-59-22-20-57-18-16-36(51)45-31-12-7-11-28-37(31)42(55)49(41(28)54)33-14-15-35(50)47-40(33)53/h2-13,24-25,33,46H,14-23H2,1H3,(H,44,52)(H,45,51)(H,47,50,53). The van der Waals surface area contributed by atoms with Crippen molar-refractivity contribution in [2.24, 2.45) is 7.05 Å². The number of benzene rings is 3. The van der Waals surface area contributed by atoms with E-state index in [1.807, 2.05) is 54.6 Å². The van der Waals surface area contributed by atoms with Gasteiger partial charge in [0.1, 0.15) is 28.8 Å². The second kappa shape index (κ2) is 18.8. The lowest BCUT2D eigenvalue weighted by molar-refractivity contribution is -0.136. The van der Waals surface area contributed by atoms with Gasteiger partial charge in [-0.15, -0.1) is 0 Å². The van der Waals surface area contributed by atoms with Crippen LogP contribution in [-0.2, 0) is 35.6 Å². The molecule has 6 amide bonds. The third kappa shape index (κ3) is 9.18. The number of ether oxygens (including phenoxy) is 4. The Balaban J connectivity index is 0.793. The zero-order valence-electron chi connectivity index (χ0n) is 32.6. The van der Waals surface area contributed by atoms with E-state index in [1.54, 1.807) is 19.3 Å². The van der Waals surface area contributed by atoms with E-state index in [0.29, 0.717) is 22.4 Å². The Bertz CT molecular complexity index is 2510. The molecular weight excluding hydrogens is 777 g/mol. The number of para-hydroxylation sites is 2. The fourth-order valence-corrected chi connectivity index (χ4v) is 6.93. The smallest absolute Gasteiger partial charge is 0.274 e. The van der Waals surface area contributed by atoms with Crippen molar-refractivity contribution in [3.05, 3.63) is 112 Å². The molecule has 0 spiro atoms. The minimum Gasteiger partial charge on any atom is -0.457 e. The number of nitrogens with one attached hydrogen (secondary N) is 4. The molecule has 4 N–H and O–H groups in total. The van der Waals surface area contributed by atoms with E-state index in [4.69, 9.17) is 18.9 Å². The number of anilines is 1. The van der Waals surface area contributed by atoms with E-state index in [1.165, 1.54) is 22.8 Å². The van der Waals surface area contributed by atoms with Gasteiger partial charge in [-0.3, -0.25) is 43.8 Å². The molecule has 1 unspecified atom stereocenters. The van der Waals surface area contributed by atoms with Crippen LogP contribution in [0.15, 0.2) is 89.9 Å². The molecule has 2 aliphatic heterocycles. The van der Waals surface area contributed by atoms with Crippen LogP contribution in [0.1, 0.15) is 50.5 Å². The first-order valence-electron chi connectivity index (χ1n) is 19.3. The van der Waals surface area contributed by atoms with Gasteiger partial charge in [0.25, 0.3) is 23.3 Å². The molecule has 1 fully saturated rings. The molecule has 2 aromatic heterocycles. The fourth-order valence-electron chi connectivity index (χ4n) is 6.93. The molecule has 60 heavy (non-hydrogen) atoms. The Kier molecular flexibility index (Phi) is 12.9. The lowest BCUT2D eigenvalue weighted by atomic mass is 10.0. The van der Waals surface area contributed by atoms with Crippen molar-refractivity contribution in [3.63, 3.8) is 0 Å². The van der Waals surface area contributed by atoms with E-state index in [-0.39, 0.29) is 93.5 Å². The first kappa shape index (κ1) is 41.2. The highest BCUT2D eigenvalue weighted by Crippen LogP contribution is 2.37. The topological polar surface area (TPSA) is 216 Å². The van der Waals surface area contributed by atoms with Gasteiger partial charge in [0.05, 0.1) is 62.9 Å². The Morgan fingerprint density at radius 1 is 0.783 bits per heavy atom. The van der Waals surface area contributed by atoms with Crippen LogP contribution in [0.25, 0.3) is 22.0 Å². The highest BCUT2D eigenvalue weighted by Gasteiger charge is 2.45. The quantitative estimate of drug-likeness (QED) is 0.0741. The number of rotatable bonds is 18. The average molecular weight is 819 g/mol. The number of aryl methyl sites for hydroxylation is 1. The van der Waals surface area contributed by atoms with Gasteiger partial charge >= 0.3 is 0 Å². The van der Waals surface area contributed by atoms with Crippen molar-refractivity contribution >= 4 is 52.0 Å². The highest BCUT2D eigenvalue weighted by molar-refractivity contribution is 6.26. The second-order valence-electron chi connectivity index (χ2n) is 13.9. The number of aromatic amines is 1. The number of nitrogens with zero attached hydrogens (tertiary/aromatic N) is 2. The van der Waals surface area contributed by atoms with Crippen LogP contribution in [0, 0.1) is 0 Å². The maximum absolute atomic E-state index is 13.2. The van der Waals surface area contributed by atoms with Gasteiger partial charge in [-0.2, -0.15) is 0 Å². The number of aromatic nitrogens is 2. The molecule has 1 saturated heterocycles. The number of carbonyl (C=O) groups is 6. The number of H-pyrrole nitrogens is 1. The van der Waals surface area contributed by atoms with Gasteiger partial charge in [-0.05, 0) is 42.8 Å². The van der Waals surface area contributed by atoms with E-state index >= 15 is 0 Å². The SMILES string of the molecule is Cn1cc(-c2ccccc2Oc2ccccc2)c2cc(C(=O)NCCOCCOCCOCCC(=O)Nc3cccc4c3C(=O)N(C3CCC(=O)NC3=O)C4=O)[nH]c2c1=O. The molecule has 4 heterocycles. The maximum Gasteiger partial charge on any atom is 0.274 e. The lowest BCUT2D eigenvalue weighted by Gasteiger charge is -2.27. The van der Waals surface area contributed by atoms with Gasteiger partial charge in [0, 0.05) is 42.7 Å². The number of piperidine rings is 1. The molecule has 0 radical (unpaired) electrons. The van der Waals surface area contributed by atoms with Gasteiger partial charge < -0.3 is 39.1 Å². The molecule has 0 bridgehead atoms. The summed E-state index contributed by atoms with van der Waals surface area (Å²) < 4.78 is 24.2. The summed E-state index contributed by atoms with van der Waals surface area (Å²) in [7, 11) is 1.65. The zero-order chi connectivity index (χ0) is 42.2. The third-order valence-electron chi connectivity index (χ3n) is 9.85. The number of hydrogen-bond acceptors (Lipinski definition) is 11. The molecule has 0 aliphatic carbocycles. The van der Waals surface area contributed by atoms with Crippen molar-refractivity contribution < 1.29 is 47.7 Å². The predicted octanol–water partition coefficient (Wildman–Crippen LogP) is 3.54. The minimum atomic E-state index is -1.11. The Hall–Kier alpha value is -6.95. The van der Waals surface area contributed by atoms with Crippen LogP contribution >= 0.6 is 0 Å². The van der Waals surface area contributed by atoms with Crippen LogP contribution in [-0.4, -0.2) is 102 Å². The molecule has 1 atom stereocenters. The van der Waals surface area contributed by atoms with Crippen LogP contribution in [0.3, 0.4) is 0 Å². The zero-order valence-corrected chi connectivity index (χ0v) is 32.6. The number of hydrogen-bond donors (Lipinski definition) is 4. The number of carbonyl (C=O) groups excluding carboxylic acids is 6. The van der Waals surface area contributed by atoms with Crippen molar-refractivity contribution in [2.75, 3.05) is 51.5 Å². The predicted molar refractivity (Wildman–Crippen MR) is 217 cm³/mol. The first-order valence-corrected chi connectivity index (χ1v) is 19.3. The highest BCUT2D eigenvalue weighted by atomic mass is 16.5. The fraction of sp³-hybridized carbons (Fsp3) is 0.279. The minimum absolute atomic E-state index is 0.000421. The van der Waals surface area contributed by atoms with E-state index in [0.717, 1.165) is 16.0 Å². The summed E-state index contributed by atoms with van der Waals surface area (Å²) in [6.07, 6.45) is 1.71. The first-order chi connectivity index (χ1) is 29.1. The van der Waals surface area contributed by atoms with Crippen LogP contribution in [0.4, 0.5) is 5.69 Å². The van der Waals surface area contributed by atoms with Crippen LogP contribution in [0.5, 0.6) is 11.5 Å². The molecule has 310 valence electrons. The molecule has 2 aliphatic rings. The molecule has 17 heteroatoms. The van der Waals surface area contributed by atoms with Crippen LogP contribution < -0.4 is 26.2 Å². The third-order valence-corrected chi connectivity index (χ3v) is 9.85. The monoisotopic (exact) mass is 818 g/mol. The van der Waals surface area contributed by atoms with Gasteiger partial charge in [0.2, 0.25) is 17.7 Å². The van der Waals surface area contributed by atoms with Gasteiger partial charge in [-0.25, -0.2) is 0 Å². The van der Waals surface area contributed by atoms with Gasteiger partial charge in [-0.1, -0.05) is 42.5 Å². The summed E-state index contributed by atoms with van der Waals surface area (Å²) >= 11 is 0. The summed E-state index contributed by atoms with van der Waals surface area (Å²) in [6.45, 7) is 1.48. The number of pyridine rings is 1. The van der Waals surface area contributed by atoms with Crippen molar-refractivity contribution in [2.45, 2.75) is 25.3 Å². The lowest BCUT2D eigenvalue weighted by Crippen LogP contribution is -2.54. The molecule has 7 rings (SSSR count). The Morgan fingerprint density at radius 2 is 1.48 bits per heavy atom. The number of imide groups is 2. The second-order valence-corrected chi connectivity index (χ2v) is 13.9.